The van der Waals surface area contributed by atoms with Crippen molar-refractivity contribution in [3.63, 3.8) is 0 Å². The molecule has 0 N–H and O–H groups in total. The highest BCUT2D eigenvalue weighted by Crippen LogP contribution is 2.43. The molecule has 9 aromatic carbocycles. The van der Waals surface area contributed by atoms with E-state index in [1.807, 2.05) is 6.07 Å². The van der Waals surface area contributed by atoms with Gasteiger partial charge in [-0.2, -0.15) is 0 Å². The average Bonchev–Trinajstić information content (AvgIpc) is 3.47. The minimum atomic E-state index is 0.914. The maximum atomic E-state index is 6.50. The second-order valence-corrected chi connectivity index (χ2v) is 12.1. The van der Waals surface area contributed by atoms with Crippen molar-refractivity contribution in [1.82, 2.24) is 0 Å². The maximum Gasteiger partial charge on any atom is 0.136 e. The number of furan rings is 1. The van der Waals surface area contributed by atoms with Gasteiger partial charge < -0.3 is 4.42 Å². The molecule has 0 radical (unpaired) electrons. The molecule has 0 fully saturated rings. The fourth-order valence-corrected chi connectivity index (χ4v) is 7.42. The number of hydrogen-bond donors (Lipinski definition) is 0. The Kier molecular flexibility index (Phi) is 5.06. The van der Waals surface area contributed by atoms with Crippen molar-refractivity contribution in [2.45, 2.75) is 0 Å². The van der Waals surface area contributed by atoms with Gasteiger partial charge in [0.2, 0.25) is 0 Å². The minimum Gasteiger partial charge on any atom is -0.456 e. The highest BCUT2D eigenvalue weighted by molar-refractivity contribution is 6.27. The lowest BCUT2D eigenvalue weighted by molar-refractivity contribution is 0.669. The molecule has 10 rings (SSSR count). The van der Waals surface area contributed by atoms with Crippen molar-refractivity contribution >= 4 is 65.0 Å². The molecule has 208 valence electrons. The second-order valence-electron chi connectivity index (χ2n) is 12.1. The zero-order chi connectivity index (χ0) is 29.5. The van der Waals surface area contributed by atoms with E-state index < -0.39 is 0 Å². The molecule has 45 heavy (non-hydrogen) atoms. The number of rotatable bonds is 3. The lowest BCUT2D eigenvalue weighted by Crippen LogP contribution is -1.89. The molecule has 10 aromatic rings. The topological polar surface area (TPSA) is 13.1 Å². The fourth-order valence-electron chi connectivity index (χ4n) is 7.42. The van der Waals surface area contributed by atoms with Crippen LogP contribution in [-0.2, 0) is 0 Å². The van der Waals surface area contributed by atoms with Crippen molar-refractivity contribution in [2.75, 3.05) is 0 Å². The third-order valence-corrected chi connectivity index (χ3v) is 9.62. The standard InChI is InChI=1S/C44H26O/c1-2-6-27(7-3-1)32-16-20-37-38-21-17-34(26-42(38)45-41(37)25-32)36-19-13-30-14-22-39-35(18-12-29-15-23-40(36)44(30)43(29)39)33-11-10-28-8-4-5-9-31(28)24-33/h1-26H. The first-order chi connectivity index (χ1) is 22.3. The first-order valence-electron chi connectivity index (χ1n) is 15.5. The van der Waals surface area contributed by atoms with Gasteiger partial charge in [0.1, 0.15) is 11.2 Å². The fraction of sp³-hybridized carbons (Fsp3) is 0. The van der Waals surface area contributed by atoms with Crippen LogP contribution in [0.2, 0.25) is 0 Å². The van der Waals surface area contributed by atoms with E-state index in [0.29, 0.717) is 0 Å². The predicted molar refractivity (Wildman–Crippen MR) is 191 cm³/mol. The van der Waals surface area contributed by atoms with Gasteiger partial charge >= 0.3 is 0 Å². The van der Waals surface area contributed by atoms with E-state index in [-0.39, 0.29) is 0 Å². The molecule has 0 spiro atoms. The molecule has 0 aliphatic carbocycles. The van der Waals surface area contributed by atoms with Gasteiger partial charge in [-0.15, -0.1) is 0 Å². The van der Waals surface area contributed by atoms with Crippen LogP contribution in [0.5, 0.6) is 0 Å². The molecule has 0 aliphatic heterocycles. The Hall–Kier alpha value is -5.92. The molecule has 0 bridgehead atoms. The third-order valence-electron chi connectivity index (χ3n) is 9.62. The normalized spacial score (nSPS) is 12.0. The van der Waals surface area contributed by atoms with Gasteiger partial charge in [-0.3, -0.25) is 0 Å². The highest BCUT2D eigenvalue weighted by atomic mass is 16.3. The van der Waals surface area contributed by atoms with Crippen molar-refractivity contribution in [2.24, 2.45) is 0 Å². The zero-order valence-electron chi connectivity index (χ0n) is 24.4. The maximum absolute atomic E-state index is 6.50. The van der Waals surface area contributed by atoms with Crippen LogP contribution < -0.4 is 0 Å². The van der Waals surface area contributed by atoms with Crippen LogP contribution in [0.25, 0.3) is 98.4 Å². The van der Waals surface area contributed by atoms with Gasteiger partial charge in [0, 0.05) is 10.8 Å². The molecule has 1 nitrogen and oxygen atoms in total. The van der Waals surface area contributed by atoms with Crippen LogP contribution in [0.1, 0.15) is 0 Å². The summed E-state index contributed by atoms with van der Waals surface area (Å²) in [5.74, 6) is 0. The third kappa shape index (κ3) is 3.68. The number of fused-ring (bicyclic) bond motifs is 4. The molecule has 1 heteroatoms. The molecule has 1 heterocycles. The molecule has 0 unspecified atom stereocenters. The van der Waals surface area contributed by atoms with Crippen LogP contribution in [0.3, 0.4) is 0 Å². The van der Waals surface area contributed by atoms with Crippen molar-refractivity contribution in [3.8, 4) is 33.4 Å². The van der Waals surface area contributed by atoms with Gasteiger partial charge in [-0.05, 0) is 107 Å². The first-order valence-corrected chi connectivity index (χ1v) is 15.5. The molecule has 0 saturated carbocycles. The largest absolute Gasteiger partial charge is 0.456 e. The van der Waals surface area contributed by atoms with Crippen LogP contribution >= 0.6 is 0 Å². The molecule has 0 amide bonds. The summed E-state index contributed by atoms with van der Waals surface area (Å²) in [7, 11) is 0. The highest BCUT2D eigenvalue weighted by Gasteiger charge is 2.16. The SMILES string of the molecule is c1ccc(-c2ccc3c(c2)oc2cc(-c4ccc5ccc6c(-c7ccc8ccccc8c7)ccc7ccc4c5c76)ccc23)cc1. The van der Waals surface area contributed by atoms with Crippen LogP contribution in [0.4, 0.5) is 0 Å². The predicted octanol–water partition coefficient (Wildman–Crippen LogP) is 12.6. The van der Waals surface area contributed by atoms with Crippen molar-refractivity contribution < 1.29 is 4.42 Å². The van der Waals surface area contributed by atoms with Crippen molar-refractivity contribution in [1.29, 1.82) is 0 Å². The first kappa shape index (κ1) is 24.5. The molecule has 0 atom stereocenters. The Bertz CT molecular complexity index is 2750. The second kappa shape index (κ2) is 9.29. The van der Waals surface area contributed by atoms with E-state index in [2.05, 4.69) is 152 Å². The number of hydrogen-bond acceptors (Lipinski definition) is 1. The summed E-state index contributed by atoms with van der Waals surface area (Å²) >= 11 is 0. The van der Waals surface area contributed by atoms with E-state index >= 15 is 0 Å². The Labute approximate surface area is 259 Å². The summed E-state index contributed by atoms with van der Waals surface area (Å²) in [6, 6.07) is 57.3. The average molecular weight is 571 g/mol. The van der Waals surface area contributed by atoms with Gasteiger partial charge in [0.25, 0.3) is 0 Å². The monoisotopic (exact) mass is 570 g/mol. The van der Waals surface area contributed by atoms with E-state index in [4.69, 9.17) is 4.42 Å². The Morgan fingerprint density at radius 2 is 0.778 bits per heavy atom. The molecule has 0 aliphatic rings. The van der Waals surface area contributed by atoms with Gasteiger partial charge in [0.15, 0.2) is 0 Å². The lowest BCUT2D eigenvalue weighted by Gasteiger charge is -2.16. The van der Waals surface area contributed by atoms with E-state index in [0.717, 1.165) is 33.1 Å². The van der Waals surface area contributed by atoms with Gasteiger partial charge in [-0.25, -0.2) is 0 Å². The lowest BCUT2D eigenvalue weighted by atomic mass is 9.87. The molecule has 0 saturated heterocycles. The summed E-state index contributed by atoms with van der Waals surface area (Å²) in [4.78, 5) is 0. The van der Waals surface area contributed by atoms with E-state index in [9.17, 15) is 0 Å². The molecule has 1 aromatic heterocycles. The minimum absolute atomic E-state index is 0.914. The number of benzene rings is 9. The van der Waals surface area contributed by atoms with E-state index in [1.54, 1.807) is 0 Å². The Morgan fingerprint density at radius 3 is 1.47 bits per heavy atom. The van der Waals surface area contributed by atoms with Gasteiger partial charge in [0.05, 0.1) is 0 Å². The van der Waals surface area contributed by atoms with Crippen molar-refractivity contribution in [3.05, 3.63) is 158 Å². The van der Waals surface area contributed by atoms with E-state index in [1.165, 1.54) is 65.3 Å². The van der Waals surface area contributed by atoms with Crippen LogP contribution in [0.15, 0.2) is 162 Å². The molecular weight excluding hydrogens is 544 g/mol. The summed E-state index contributed by atoms with van der Waals surface area (Å²) in [6.45, 7) is 0. The Balaban J connectivity index is 1.15. The quantitative estimate of drug-likeness (QED) is 0.193. The van der Waals surface area contributed by atoms with Crippen LogP contribution in [0, 0.1) is 0 Å². The molecular formula is C44H26O. The zero-order valence-corrected chi connectivity index (χ0v) is 24.4. The summed E-state index contributed by atoms with van der Waals surface area (Å²) in [5.41, 5.74) is 9.09. The smallest absolute Gasteiger partial charge is 0.136 e. The Morgan fingerprint density at radius 1 is 0.289 bits per heavy atom. The van der Waals surface area contributed by atoms with Gasteiger partial charge in [-0.1, -0.05) is 127 Å². The summed E-state index contributed by atoms with van der Waals surface area (Å²) in [6.07, 6.45) is 0. The van der Waals surface area contributed by atoms with Crippen LogP contribution in [-0.4, -0.2) is 0 Å². The summed E-state index contributed by atoms with van der Waals surface area (Å²) in [5, 5.41) is 12.6. The summed E-state index contributed by atoms with van der Waals surface area (Å²) < 4.78 is 6.50.